The van der Waals surface area contributed by atoms with Crippen molar-refractivity contribution < 1.29 is 4.74 Å². The van der Waals surface area contributed by atoms with Crippen molar-refractivity contribution in [3.05, 3.63) is 16.1 Å². The molecule has 6 nitrogen and oxygen atoms in total. The molecule has 0 aromatic carbocycles. The molecule has 0 radical (unpaired) electrons. The smallest absolute Gasteiger partial charge is 0.193 e. The molecule has 24 heavy (non-hydrogen) atoms. The van der Waals surface area contributed by atoms with Gasteiger partial charge >= 0.3 is 0 Å². The highest BCUT2D eigenvalue weighted by atomic mass is 127. The lowest BCUT2D eigenvalue weighted by molar-refractivity contribution is -0.0852. The third-order valence-electron chi connectivity index (χ3n) is 3.85. The average molecular weight is 467 g/mol. The highest BCUT2D eigenvalue weighted by Gasteiger charge is 2.26. The minimum atomic E-state index is -0.0425. The number of halogens is 1. The minimum absolute atomic E-state index is 0. The first kappa shape index (κ1) is 21.6. The first-order valence-corrected chi connectivity index (χ1v) is 8.97. The van der Waals surface area contributed by atoms with Gasteiger partial charge in [-0.1, -0.05) is 0 Å². The number of thiazole rings is 1. The summed E-state index contributed by atoms with van der Waals surface area (Å²) in [4.78, 5) is 13.4. The lowest BCUT2D eigenvalue weighted by Gasteiger charge is -2.38. The van der Waals surface area contributed by atoms with Crippen LogP contribution in [0.5, 0.6) is 0 Å². The van der Waals surface area contributed by atoms with E-state index in [1.807, 2.05) is 21.0 Å². The minimum Gasteiger partial charge on any atom is -0.373 e. The molecule has 0 spiro atoms. The van der Waals surface area contributed by atoms with Gasteiger partial charge in [0.05, 0.1) is 29.5 Å². The van der Waals surface area contributed by atoms with Gasteiger partial charge in [0.25, 0.3) is 0 Å². The predicted molar refractivity (Wildman–Crippen MR) is 112 cm³/mol. The zero-order chi connectivity index (χ0) is 16.9. The van der Waals surface area contributed by atoms with E-state index in [0.717, 1.165) is 56.0 Å². The van der Waals surface area contributed by atoms with E-state index in [2.05, 4.69) is 44.3 Å². The highest BCUT2D eigenvalue weighted by Crippen LogP contribution is 2.15. The SMILES string of the molecule is CN=C(NCCN1CCOC(C)(C)C1)N(C)Cc1csc(C)n1.I. The number of nitrogens with one attached hydrogen (secondary N) is 1. The largest absolute Gasteiger partial charge is 0.373 e. The number of rotatable bonds is 5. The van der Waals surface area contributed by atoms with E-state index in [-0.39, 0.29) is 29.6 Å². The fourth-order valence-electron chi connectivity index (χ4n) is 2.81. The molecule has 1 aromatic rings. The van der Waals surface area contributed by atoms with E-state index < -0.39 is 0 Å². The zero-order valence-electron chi connectivity index (χ0n) is 15.3. The van der Waals surface area contributed by atoms with E-state index in [9.17, 15) is 0 Å². The maximum atomic E-state index is 5.75. The van der Waals surface area contributed by atoms with Crippen molar-refractivity contribution in [3.8, 4) is 0 Å². The van der Waals surface area contributed by atoms with E-state index in [4.69, 9.17) is 4.74 Å². The molecule has 8 heteroatoms. The number of guanidine groups is 1. The Morgan fingerprint density at radius 1 is 1.54 bits per heavy atom. The maximum absolute atomic E-state index is 5.75. The second kappa shape index (κ2) is 9.88. The van der Waals surface area contributed by atoms with Gasteiger partial charge in [0.15, 0.2) is 5.96 Å². The van der Waals surface area contributed by atoms with Crippen LogP contribution in [0.3, 0.4) is 0 Å². The van der Waals surface area contributed by atoms with Gasteiger partial charge < -0.3 is 15.0 Å². The van der Waals surface area contributed by atoms with E-state index in [1.165, 1.54) is 0 Å². The van der Waals surface area contributed by atoms with Gasteiger partial charge in [-0.05, 0) is 20.8 Å². The van der Waals surface area contributed by atoms with E-state index in [1.54, 1.807) is 11.3 Å². The van der Waals surface area contributed by atoms with Crippen molar-refractivity contribution in [1.82, 2.24) is 20.1 Å². The zero-order valence-corrected chi connectivity index (χ0v) is 18.5. The summed E-state index contributed by atoms with van der Waals surface area (Å²) >= 11 is 1.69. The van der Waals surface area contributed by atoms with Crippen LogP contribution >= 0.6 is 35.3 Å². The van der Waals surface area contributed by atoms with Crippen LogP contribution in [-0.2, 0) is 11.3 Å². The van der Waals surface area contributed by atoms with Crippen LogP contribution in [0, 0.1) is 6.92 Å². The predicted octanol–water partition coefficient (Wildman–Crippen LogP) is 2.19. The van der Waals surface area contributed by atoms with Crippen molar-refractivity contribution in [1.29, 1.82) is 0 Å². The molecule has 1 aliphatic heterocycles. The Hall–Kier alpha value is -0.450. The average Bonchev–Trinajstić information content (AvgIpc) is 2.87. The summed E-state index contributed by atoms with van der Waals surface area (Å²) in [6.07, 6.45) is 0. The Morgan fingerprint density at radius 3 is 2.88 bits per heavy atom. The third-order valence-corrected chi connectivity index (χ3v) is 4.68. The summed E-state index contributed by atoms with van der Waals surface area (Å²) in [5.41, 5.74) is 1.05. The van der Waals surface area contributed by atoms with Crippen molar-refractivity contribution in [2.75, 3.05) is 46.9 Å². The fraction of sp³-hybridized carbons (Fsp3) is 0.750. The normalized spacial score (nSPS) is 18.1. The summed E-state index contributed by atoms with van der Waals surface area (Å²) in [5.74, 6) is 0.906. The number of aromatic nitrogens is 1. The van der Waals surface area contributed by atoms with Crippen LogP contribution in [0.4, 0.5) is 0 Å². The summed E-state index contributed by atoms with van der Waals surface area (Å²) in [7, 11) is 3.87. The standard InChI is InChI=1S/C16H29N5OS.HI/c1-13-19-14(11-23-13)10-20(5)15(17-4)18-6-7-21-8-9-22-16(2,3)12-21;/h11H,6-10,12H2,1-5H3,(H,17,18);1H. The molecule has 1 aromatic heterocycles. The van der Waals surface area contributed by atoms with Crippen LogP contribution in [0.1, 0.15) is 24.5 Å². The molecule has 1 N–H and O–H groups in total. The first-order valence-electron chi connectivity index (χ1n) is 8.09. The number of aliphatic imine (C=N–C) groups is 1. The van der Waals surface area contributed by atoms with Gasteiger partial charge in [-0.2, -0.15) is 0 Å². The second-order valence-corrected chi connectivity index (χ2v) is 7.63. The Kier molecular flexibility index (Phi) is 8.89. The summed E-state index contributed by atoms with van der Waals surface area (Å²) in [6, 6.07) is 0. The van der Waals surface area contributed by atoms with Crippen LogP contribution in [0.2, 0.25) is 0 Å². The Bertz CT molecular complexity index is 534. The third kappa shape index (κ3) is 6.81. The van der Waals surface area contributed by atoms with Gasteiger partial charge in [-0.25, -0.2) is 4.98 Å². The number of aryl methyl sites for hydroxylation is 1. The molecule has 1 saturated heterocycles. The fourth-order valence-corrected chi connectivity index (χ4v) is 3.42. The van der Waals surface area contributed by atoms with Crippen LogP contribution in [0.15, 0.2) is 10.4 Å². The molecule has 0 saturated carbocycles. The van der Waals surface area contributed by atoms with Crippen LogP contribution < -0.4 is 5.32 Å². The summed E-state index contributed by atoms with van der Waals surface area (Å²) in [5, 5.41) is 6.65. The molecule has 0 atom stereocenters. The Morgan fingerprint density at radius 2 is 2.29 bits per heavy atom. The molecular weight excluding hydrogens is 437 g/mol. The number of nitrogens with zero attached hydrogens (tertiary/aromatic N) is 4. The Balaban J connectivity index is 0.00000288. The molecule has 2 rings (SSSR count). The number of hydrogen-bond acceptors (Lipinski definition) is 5. The van der Waals surface area contributed by atoms with Gasteiger partial charge in [0.1, 0.15) is 0 Å². The van der Waals surface area contributed by atoms with Crippen LogP contribution in [0.25, 0.3) is 0 Å². The summed E-state index contributed by atoms with van der Waals surface area (Å²) < 4.78 is 5.75. The molecule has 0 aliphatic carbocycles. The first-order chi connectivity index (χ1) is 10.9. The Labute approximate surface area is 166 Å². The topological polar surface area (TPSA) is 53.0 Å². The van der Waals surface area contributed by atoms with Crippen molar-refractivity contribution in [2.24, 2.45) is 4.99 Å². The molecule has 1 fully saturated rings. The number of hydrogen-bond donors (Lipinski definition) is 1. The molecule has 0 bridgehead atoms. The second-order valence-electron chi connectivity index (χ2n) is 6.57. The quantitative estimate of drug-likeness (QED) is 0.409. The highest BCUT2D eigenvalue weighted by molar-refractivity contribution is 14.0. The molecule has 138 valence electrons. The van der Waals surface area contributed by atoms with Gasteiger partial charge in [0, 0.05) is 45.7 Å². The van der Waals surface area contributed by atoms with Crippen molar-refractivity contribution in [3.63, 3.8) is 0 Å². The van der Waals surface area contributed by atoms with E-state index >= 15 is 0 Å². The van der Waals surface area contributed by atoms with Gasteiger partial charge in [-0.3, -0.25) is 9.89 Å². The monoisotopic (exact) mass is 467 g/mol. The molecule has 1 aliphatic rings. The number of ether oxygens (including phenoxy) is 1. The van der Waals surface area contributed by atoms with Gasteiger partial charge in [-0.15, -0.1) is 35.3 Å². The van der Waals surface area contributed by atoms with Crippen LogP contribution in [-0.4, -0.2) is 73.2 Å². The molecular formula is C16H30IN5OS. The number of morpholine rings is 1. The van der Waals surface area contributed by atoms with Gasteiger partial charge in [0.2, 0.25) is 0 Å². The van der Waals surface area contributed by atoms with E-state index in [0.29, 0.717) is 0 Å². The summed E-state index contributed by atoms with van der Waals surface area (Å²) in [6.45, 7) is 11.8. The molecule has 0 unspecified atom stereocenters. The van der Waals surface area contributed by atoms with Crippen molar-refractivity contribution >= 4 is 41.3 Å². The lowest BCUT2D eigenvalue weighted by Crippen LogP contribution is -2.50. The maximum Gasteiger partial charge on any atom is 0.193 e. The molecule has 2 heterocycles. The lowest BCUT2D eigenvalue weighted by atomic mass is 10.1. The van der Waals surface area contributed by atoms with Crippen molar-refractivity contribution in [2.45, 2.75) is 32.9 Å². The molecule has 0 amide bonds.